The molecule has 0 aliphatic heterocycles. The Kier molecular flexibility index (Phi) is 36.6. The van der Waals surface area contributed by atoms with Crippen molar-refractivity contribution in [3.63, 3.8) is 0 Å². The molecule has 0 aliphatic rings. The van der Waals surface area contributed by atoms with Gasteiger partial charge in [0.1, 0.15) is 54.8 Å². The molecule has 10 atom stereocenters. The SMILES string of the molecule is CC(C)c1ccc(-n2cc(C(C)OP(C)(=O)O)nn2)nc1.CC[C@@H]([C@@H](C)O)n1ncn(-c2ncc(C(C)C)cc2F)c1=O.CC[C@@H]([C@@H](C)OP(=O)(O)O)n1ncn(-c2ccc(C(C)C)cc2)c1=O.CC[C@@H]([C@@H](C)OP(=O)(O)O)n1ncn(-c2ccc(C(C)C)cn2)c1=O.CC[C@@H]([C@H](C)OC(=O)CN(C)C)n1ncn(-c2ccc(C(C)C)cn2)c1=O. The molecule has 1 aromatic carbocycles. The van der Waals surface area contributed by atoms with Gasteiger partial charge in [-0.3, -0.25) is 27.8 Å². The number of likely N-dealkylation sites (N-methyl/N-ethyl adjacent to an activating group) is 1. The van der Waals surface area contributed by atoms with Gasteiger partial charge in [-0.2, -0.15) is 20.4 Å². The molecule has 2 unspecified atom stereocenters. The molecule has 0 saturated heterocycles. The number of aliphatic hydroxyl groups excluding tert-OH is 1. The average molecular weight is 1730 g/mol. The monoisotopic (exact) mass is 1730 g/mol. The number of carbonyl (C=O) groups excluding carboxylic acids is 1. The van der Waals surface area contributed by atoms with Crippen LogP contribution < -0.4 is 22.8 Å². The smallest absolute Gasteiger partial charge is 0.459 e. The van der Waals surface area contributed by atoms with Crippen LogP contribution in [0.1, 0.15) is 251 Å². The van der Waals surface area contributed by atoms with Crippen molar-refractivity contribution in [2.24, 2.45) is 0 Å². The van der Waals surface area contributed by atoms with Crippen LogP contribution in [-0.2, 0) is 36.8 Å². The van der Waals surface area contributed by atoms with E-state index < -0.39 is 89.1 Å². The van der Waals surface area contributed by atoms with Gasteiger partial charge in [0.25, 0.3) is 0 Å². The Morgan fingerprint density at radius 1 is 0.467 bits per heavy atom. The van der Waals surface area contributed by atoms with Gasteiger partial charge >= 0.3 is 52.0 Å². The zero-order chi connectivity index (χ0) is 89.7. The van der Waals surface area contributed by atoms with Crippen LogP contribution in [0.25, 0.3) is 29.0 Å². The number of rotatable bonds is 32. The van der Waals surface area contributed by atoms with E-state index in [1.165, 1.54) is 87.9 Å². The lowest BCUT2D eigenvalue weighted by Crippen LogP contribution is -2.36. The second-order valence-electron chi connectivity index (χ2n) is 30.5. The van der Waals surface area contributed by atoms with Gasteiger partial charge in [-0.1, -0.05) is 132 Å². The Labute approximate surface area is 696 Å². The molecule has 0 spiro atoms. The number of hydrogen-bond acceptors (Lipinski definition) is 24. The number of ether oxygens (including phenoxy) is 1. The molecule has 38 nitrogen and oxygen atoms in total. The summed E-state index contributed by atoms with van der Waals surface area (Å²) < 4.78 is 79.0. The fourth-order valence-electron chi connectivity index (χ4n) is 12.3. The first kappa shape index (κ1) is 99.2. The predicted octanol–water partition coefficient (Wildman–Crippen LogP) is 11.3. The molecule has 10 aromatic rings. The average Bonchev–Trinajstić information content (AvgIpc) is 1.66. The third-order valence-electron chi connectivity index (χ3n) is 19.2. The molecule has 9 aromatic heterocycles. The molecule has 9 heterocycles. The van der Waals surface area contributed by atoms with Gasteiger partial charge in [0.15, 0.2) is 17.5 Å². The van der Waals surface area contributed by atoms with E-state index in [0.29, 0.717) is 78.2 Å². The fraction of sp³-hybridized carbons (Fsp3) is 0.526. The summed E-state index contributed by atoms with van der Waals surface area (Å²) >= 11 is 0. The van der Waals surface area contributed by atoms with E-state index in [0.717, 1.165) is 33.5 Å². The summed E-state index contributed by atoms with van der Waals surface area (Å²) in [6, 6.07) is 18.2. The summed E-state index contributed by atoms with van der Waals surface area (Å²) in [5.74, 6) is 2.25. The fourth-order valence-corrected chi connectivity index (χ4v) is 14.2. The molecule has 0 fully saturated rings. The minimum absolute atomic E-state index is 0.0823. The lowest BCUT2D eigenvalue weighted by atomic mass is 10.0. The molecule has 6 N–H and O–H groups in total. The highest BCUT2D eigenvalue weighted by molar-refractivity contribution is 7.51. The predicted molar refractivity (Wildman–Crippen MR) is 448 cm³/mol. The summed E-state index contributed by atoms with van der Waals surface area (Å²) in [6.07, 6.45) is 12.3. The molecule has 0 radical (unpaired) electrons. The Hall–Kier alpha value is -9.59. The van der Waals surface area contributed by atoms with E-state index in [2.05, 4.69) is 106 Å². The second kappa shape index (κ2) is 44.3. The molecule has 0 amide bonds. The number of phosphoric acid groups is 2. The number of aliphatic hydroxyl groups is 1. The molecule has 0 bridgehead atoms. The Bertz CT molecular complexity index is 5150. The van der Waals surface area contributed by atoms with Crippen molar-refractivity contribution in [1.29, 1.82) is 0 Å². The van der Waals surface area contributed by atoms with Crippen molar-refractivity contribution in [2.45, 2.75) is 242 Å². The quantitative estimate of drug-likeness (QED) is 0.0168. The van der Waals surface area contributed by atoms with Crippen LogP contribution in [0.2, 0.25) is 0 Å². The van der Waals surface area contributed by atoms with Crippen LogP contribution in [-0.4, -0.2) is 184 Å². The third kappa shape index (κ3) is 28.0. The molecule has 0 aliphatic carbocycles. The topological polar surface area (TPSA) is 471 Å². The minimum Gasteiger partial charge on any atom is -0.459 e. The first-order valence-electron chi connectivity index (χ1n) is 39.3. The number of carbonyl (C=O) groups is 1. The van der Waals surface area contributed by atoms with E-state index in [9.17, 15) is 52.1 Å². The van der Waals surface area contributed by atoms with Crippen molar-refractivity contribution in [3.05, 3.63) is 204 Å². The zero-order valence-corrected chi connectivity index (χ0v) is 74.6. The van der Waals surface area contributed by atoms with Crippen molar-refractivity contribution >= 4 is 29.2 Å². The standard InChI is InChI=1S/C19H29N5O3.C16H24N3O5P.C15H21FN4O2.C15H23N4O5P.C13H19N4O3P/c1-7-16(14(4)27-18(25)11-22(5)6)24-19(26)23(12-21-24)17-9-8-15(10-20-17)13(2)3;1-5-15(12(4)24-25(21,22)23)19-16(20)18(10-17-19)14-8-6-13(7-9-14)11(2)3;1-5-13(10(4)21)20-15(22)19(8-18-20)14-12(16)6-11(7-17-14)9(2)3;1-5-13(11(4)24-25(21,22)23)19-15(20)18(9-17-19)14-7-6-12(8-16-14)10(2)3;1-9(2)11-5-6-13(14-7-11)17-8-12(15-16-17)10(3)20-21(4,18)19/h8-10,12-14,16H,7,11H2,1-6H3;6-12,15H,5H2,1-4H3,(H2,21,22,23);6-10,13,21H,5H2,1-4H3;6-11,13H,5H2,1-4H3,(H2,21,22,23);5-10H,1-4H3,(H,18,19)/t14-,16-;12-,15+;10-,13+;11-,13+;/m0111./s1. The maximum atomic E-state index is 14.2. The molecule has 42 heteroatoms. The Morgan fingerprint density at radius 2 is 0.825 bits per heavy atom. The van der Waals surface area contributed by atoms with Crippen LogP contribution in [0.15, 0.2) is 142 Å². The van der Waals surface area contributed by atoms with Crippen LogP contribution in [0, 0.1) is 5.82 Å². The highest BCUT2D eigenvalue weighted by atomic mass is 31.2. The van der Waals surface area contributed by atoms with Gasteiger partial charge in [-0.15, -0.1) is 5.10 Å². The van der Waals surface area contributed by atoms with Crippen molar-refractivity contribution < 1.29 is 70.8 Å². The number of pyridine rings is 4. The van der Waals surface area contributed by atoms with Gasteiger partial charge in [0.2, 0.25) is 0 Å². The second-order valence-corrected chi connectivity index (χ2v) is 34.7. The van der Waals surface area contributed by atoms with Gasteiger partial charge in [-0.05, 0) is 168 Å². The molecular weight excluding hydrogens is 1620 g/mol. The van der Waals surface area contributed by atoms with Crippen LogP contribution in [0.3, 0.4) is 0 Å². The van der Waals surface area contributed by atoms with Crippen molar-refractivity contribution in [2.75, 3.05) is 27.3 Å². The number of esters is 1. The van der Waals surface area contributed by atoms with E-state index in [1.54, 1.807) is 90.7 Å². The summed E-state index contributed by atoms with van der Waals surface area (Å²) in [7, 11) is -9.26. The third-order valence-corrected chi connectivity index (χ3v) is 21.1. The van der Waals surface area contributed by atoms with Gasteiger partial charge in [-0.25, -0.2) is 94.3 Å². The maximum Gasteiger partial charge on any atom is 0.469 e. The summed E-state index contributed by atoms with van der Waals surface area (Å²) in [5.41, 5.74) is 4.73. The van der Waals surface area contributed by atoms with E-state index in [-0.39, 0.29) is 41.7 Å². The zero-order valence-electron chi connectivity index (χ0n) is 71.9. The molecule has 658 valence electrons. The number of aromatic nitrogens is 19. The van der Waals surface area contributed by atoms with E-state index in [4.69, 9.17) is 37.9 Å². The number of halogens is 1. The van der Waals surface area contributed by atoms with Crippen LogP contribution in [0.4, 0.5) is 4.39 Å². The van der Waals surface area contributed by atoms with Gasteiger partial charge in [0, 0.05) is 31.5 Å². The lowest BCUT2D eigenvalue weighted by molar-refractivity contribution is -0.151. The van der Waals surface area contributed by atoms with E-state index >= 15 is 0 Å². The Morgan fingerprint density at radius 3 is 1.18 bits per heavy atom. The molecule has 120 heavy (non-hydrogen) atoms. The van der Waals surface area contributed by atoms with Crippen LogP contribution in [0.5, 0.6) is 0 Å². The van der Waals surface area contributed by atoms with Gasteiger partial charge in [0.05, 0.1) is 60.9 Å². The highest BCUT2D eigenvalue weighted by Gasteiger charge is 2.32. The summed E-state index contributed by atoms with van der Waals surface area (Å²) in [4.78, 5) is 126. The molecular formula is C78H116FN20O18P3. The first-order chi connectivity index (χ1) is 56.1. The number of nitrogens with zero attached hydrogens (tertiary/aromatic N) is 20. The number of hydrogen-bond donors (Lipinski definition) is 6. The molecule has 10 rings (SSSR count). The van der Waals surface area contributed by atoms with Crippen molar-refractivity contribution in [1.82, 2.24) is 97.2 Å². The maximum absolute atomic E-state index is 14.2. The van der Waals surface area contributed by atoms with Crippen molar-refractivity contribution in [3.8, 4) is 29.0 Å². The Balaban J connectivity index is 0.000000233. The summed E-state index contributed by atoms with van der Waals surface area (Å²) in [6.45, 7) is 37.3. The normalized spacial score (nSPS) is 14.6. The number of benzene rings is 1. The molecule has 0 saturated carbocycles. The largest absolute Gasteiger partial charge is 0.469 e. The minimum atomic E-state index is -4.65. The first-order valence-corrected chi connectivity index (χ1v) is 44.4. The summed E-state index contributed by atoms with van der Waals surface area (Å²) in [5, 5.41) is 34.0. The number of phosphoric ester groups is 2. The highest BCUT2D eigenvalue weighted by Crippen LogP contribution is 2.43. The van der Waals surface area contributed by atoms with Crippen LogP contribution >= 0.6 is 23.2 Å². The van der Waals surface area contributed by atoms with E-state index in [1.807, 2.05) is 82.3 Å². The lowest BCUT2D eigenvalue weighted by Gasteiger charge is -2.23. The van der Waals surface area contributed by atoms with Gasteiger partial charge < -0.3 is 34.3 Å².